The second-order valence-corrected chi connectivity index (χ2v) is 6.89. The first-order valence-electron chi connectivity index (χ1n) is 8.60. The van der Waals surface area contributed by atoms with Gasteiger partial charge >= 0.3 is 5.63 Å². The maximum Gasteiger partial charge on any atom is 0.336 e. The summed E-state index contributed by atoms with van der Waals surface area (Å²) in [5.74, 6) is 0. The molecule has 0 aliphatic carbocycles. The highest BCUT2D eigenvalue weighted by Gasteiger charge is 2.30. The maximum absolute atomic E-state index is 12.0. The Morgan fingerprint density at radius 2 is 1.96 bits per heavy atom. The monoisotopic (exact) mass is 339 g/mol. The van der Waals surface area contributed by atoms with E-state index < -0.39 is 0 Å². The highest BCUT2D eigenvalue weighted by Crippen LogP contribution is 2.34. The van der Waals surface area contributed by atoms with Crippen LogP contribution in [0.4, 0.5) is 0 Å². The Hall–Kier alpha value is -2.47. The Balaban J connectivity index is 1.74. The number of aromatic nitrogens is 2. The third-order valence-corrected chi connectivity index (χ3v) is 5.18. The van der Waals surface area contributed by atoms with Crippen molar-refractivity contribution >= 4 is 11.0 Å². The van der Waals surface area contributed by atoms with E-state index in [0.717, 1.165) is 47.3 Å². The molecule has 0 amide bonds. The summed E-state index contributed by atoms with van der Waals surface area (Å²) in [6.07, 6.45) is 2.11. The van der Waals surface area contributed by atoms with Gasteiger partial charge in [0.05, 0.1) is 6.04 Å². The van der Waals surface area contributed by atoms with E-state index in [-0.39, 0.29) is 11.7 Å². The molecule has 0 N–H and O–H groups in total. The topological polar surface area (TPSA) is 72.4 Å². The largest absolute Gasteiger partial charge is 0.423 e. The molecule has 1 saturated heterocycles. The molecule has 6 nitrogen and oxygen atoms in total. The lowest BCUT2D eigenvalue weighted by Crippen LogP contribution is -2.24. The van der Waals surface area contributed by atoms with Gasteiger partial charge in [-0.3, -0.25) is 4.90 Å². The van der Waals surface area contributed by atoms with Gasteiger partial charge in [0, 0.05) is 18.0 Å². The second-order valence-electron chi connectivity index (χ2n) is 6.89. The van der Waals surface area contributed by atoms with E-state index >= 15 is 0 Å². The molecule has 1 aliphatic rings. The molecule has 1 fully saturated rings. The normalized spacial score (nSPS) is 18.3. The zero-order valence-electron chi connectivity index (χ0n) is 14.7. The highest BCUT2D eigenvalue weighted by atomic mass is 16.6. The van der Waals surface area contributed by atoms with Gasteiger partial charge in [0.1, 0.15) is 17.0 Å². The van der Waals surface area contributed by atoms with E-state index in [1.165, 1.54) is 5.56 Å². The van der Waals surface area contributed by atoms with E-state index in [9.17, 15) is 4.79 Å². The Kier molecular flexibility index (Phi) is 3.92. The summed E-state index contributed by atoms with van der Waals surface area (Å²) in [5.41, 5.74) is 5.39. The summed E-state index contributed by atoms with van der Waals surface area (Å²) >= 11 is 0. The smallest absolute Gasteiger partial charge is 0.336 e. The van der Waals surface area contributed by atoms with Crippen LogP contribution in [0.15, 0.2) is 32.0 Å². The van der Waals surface area contributed by atoms with Crippen LogP contribution in [0.25, 0.3) is 11.0 Å². The molecule has 25 heavy (non-hydrogen) atoms. The fourth-order valence-corrected chi connectivity index (χ4v) is 3.70. The second kappa shape index (κ2) is 6.11. The average molecular weight is 339 g/mol. The number of likely N-dealkylation sites (tertiary alicyclic amines) is 1. The lowest BCUT2D eigenvalue weighted by atomic mass is 10.0. The quantitative estimate of drug-likeness (QED) is 0.681. The van der Waals surface area contributed by atoms with Crippen LogP contribution in [0.1, 0.15) is 47.0 Å². The van der Waals surface area contributed by atoms with Crippen molar-refractivity contribution in [1.82, 2.24) is 15.2 Å². The Bertz CT molecular complexity index is 989. The van der Waals surface area contributed by atoms with Crippen molar-refractivity contribution in [3.8, 4) is 0 Å². The van der Waals surface area contributed by atoms with Crippen LogP contribution in [0.2, 0.25) is 0 Å². The lowest BCUT2D eigenvalue weighted by molar-refractivity contribution is 0.231. The van der Waals surface area contributed by atoms with Crippen LogP contribution in [0.5, 0.6) is 0 Å². The van der Waals surface area contributed by atoms with Gasteiger partial charge in [0.25, 0.3) is 0 Å². The first-order chi connectivity index (χ1) is 12.0. The minimum atomic E-state index is -0.305. The fourth-order valence-electron chi connectivity index (χ4n) is 3.70. The molecule has 1 aliphatic heterocycles. The van der Waals surface area contributed by atoms with E-state index in [2.05, 4.69) is 28.2 Å². The van der Waals surface area contributed by atoms with Crippen LogP contribution >= 0.6 is 0 Å². The molecular formula is C19H21N3O3. The number of hydrogen-bond donors (Lipinski definition) is 0. The molecule has 3 aromatic rings. The minimum absolute atomic E-state index is 0.181. The van der Waals surface area contributed by atoms with Crippen molar-refractivity contribution in [2.75, 3.05) is 6.54 Å². The molecule has 6 heteroatoms. The summed E-state index contributed by atoms with van der Waals surface area (Å²) in [4.78, 5) is 14.4. The minimum Gasteiger partial charge on any atom is -0.423 e. The highest BCUT2D eigenvalue weighted by molar-refractivity contribution is 5.81. The van der Waals surface area contributed by atoms with Crippen LogP contribution < -0.4 is 5.63 Å². The van der Waals surface area contributed by atoms with Crippen LogP contribution in [-0.4, -0.2) is 21.8 Å². The molecule has 0 saturated carbocycles. The van der Waals surface area contributed by atoms with Crippen molar-refractivity contribution in [2.24, 2.45) is 0 Å². The standard InChI is InChI=1S/C19H21N3O3/c1-11-7-15-14(9-18(23)24-17(15)8-12(11)2)10-22-6-4-5-16(22)19-13(3)20-25-21-19/h7-9,16H,4-6,10H2,1-3H3/t16-/m1/s1. The Morgan fingerprint density at radius 3 is 2.72 bits per heavy atom. The Labute approximate surface area is 145 Å². The van der Waals surface area contributed by atoms with E-state index in [1.54, 1.807) is 6.07 Å². The van der Waals surface area contributed by atoms with E-state index in [4.69, 9.17) is 9.05 Å². The van der Waals surface area contributed by atoms with Gasteiger partial charge in [0.15, 0.2) is 0 Å². The molecular weight excluding hydrogens is 318 g/mol. The van der Waals surface area contributed by atoms with Crippen LogP contribution in [-0.2, 0) is 6.54 Å². The number of aryl methyl sites for hydroxylation is 3. The molecule has 2 aromatic heterocycles. The number of nitrogens with zero attached hydrogens (tertiary/aromatic N) is 3. The van der Waals surface area contributed by atoms with Gasteiger partial charge in [-0.1, -0.05) is 10.3 Å². The summed E-state index contributed by atoms with van der Waals surface area (Å²) in [6, 6.07) is 5.85. The summed E-state index contributed by atoms with van der Waals surface area (Å²) < 4.78 is 10.3. The summed E-state index contributed by atoms with van der Waals surface area (Å²) in [6.45, 7) is 7.66. The third-order valence-electron chi connectivity index (χ3n) is 5.18. The summed E-state index contributed by atoms with van der Waals surface area (Å²) in [7, 11) is 0. The van der Waals surface area contributed by atoms with Gasteiger partial charge in [-0.25, -0.2) is 9.42 Å². The van der Waals surface area contributed by atoms with E-state index in [0.29, 0.717) is 12.1 Å². The zero-order chi connectivity index (χ0) is 17.6. The molecule has 1 atom stereocenters. The van der Waals surface area contributed by atoms with Crippen LogP contribution in [0.3, 0.4) is 0 Å². The predicted molar refractivity (Wildman–Crippen MR) is 93.4 cm³/mol. The fraction of sp³-hybridized carbons (Fsp3) is 0.421. The average Bonchev–Trinajstić information content (AvgIpc) is 3.17. The van der Waals surface area contributed by atoms with Gasteiger partial charge in [-0.15, -0.1) is 0 Å². The van der Waals surface area contributed by atoms with Gasteiger partial charge in [0.2, 0.25) is 0 Å². The van der Waals surface area contributed by atoms with Crippen molar-refractivity contribution in [2.45, 2.75) is 46.2 Å². The van der Waals surface area contributed by atoms with Crippen LogP contribution in [0, 0.1) is 20.8 Å². The third kappa shape index (κ3) is 2.87. The SMILES string of the molecule is Cc1cc2oc(=O)cc(CN3CCC[C@@H]3c3nonc3C)c2cc1C. The van der Waals surface area contributed by atoms with Crippen molar-refractivity contribution < 1.29 is 9.05 Å². The van der Waals surface area contributed by atoms with E-state index in [1.807, 2.05) is 19.9 Å². The van der Waals surface area contributed by atoms with Gasteiger partial charge < -0.3 is 4.42 Å². The number of hydrogen-bond acceptors (Lipinski definition) is 6. The number of benzene rings is 1. The molecule has 0 unspecified atom stereocenters. The molecule has 0 radical (unpaired) electrons. The van der Waals surface area contributed by atoms with Crippen molar-refractivity contribution in [3.05, 3.63) is 56.7 Å². The zero-order valence-corrected chi connectivity index (χ0v) is 14.7. The molecule has 1 aromatic carbocycles. The van der Waals surface area contributed by atoms with Crippen molar-refractivity contribution in [1.29, 1.82) is 0 Å². The lowest BCUT2D eigenvalue weighted by Gasteiger charge is -2.23. The number of rotatable bonds is 3. The molecule has 3 heterocycles. The van der Waals surface area contributed by atoms with Gasteiger partial charge in [-0.2, -0.15) is 0 Å². The molecule has 4 rings (SSSR count). The van der Waals surface area contributed by atoms with Gasteiger partial charge in [-0.05, 0) is 69.0 Å². The predicted octanol–water partition coefficient (Wildman–Crippen LogP) is 3.44. The first kappa shape index (κ1) is 16.0. The first-order valence-corrected chi connectivity index (χ1v) is 8.60. The summed E-state index contributed by atoms with van der Waals surface area (Å²) in [5, 5.41) is 9.00. The Morgan fingerprint density at radius 1 is 1.16 bits per heavy atom. The van der Waals surface area contributed by atoms with Crippen molar-refractivity contribution in [3.63, 3.8) is 0 Å². The number of fused-ring (bicyclic) bond motifs is 1. The molecule has 130 valence electrons. The maximum atomic E-state index is 12.0. The molecule has 0 spiro atoms. The molecule has 0 bridgehead atoms.